The van der Waals surface area contributed by atoms with Crippen LogP contribution in [-0.2, 0) is 16.2 Å². The van der Waals surface area contributed by atoms with Crippen LogP contribution in [0.25, 0.3) is 78.0 Å². The molecule has 0 radical (unpaired) electrons. The predicted molar refractivity (Wildman–Crippen MR) is 267 cm³/mol. The van der Waals surface area contributed by atoms with E-state index in [1.165, 1.54) is 16.5 Å². The second-order valence-electron chi connectivity index (χ2n) is 19.8. The van der Waals surface area contributed by atoms with Crippen molar-refractivity contribution in [2.75, 3.05) is 0 Å². The molecule has 1 N–H and O–H groups in total. The van der Waals surface area contributed by atoms with Crippen LogP contribution in [0, 0.1) is 0 Å². The number of hydrogen-bond donors (Lipinski definition) is 1. The van der Waals surface area contributed by atoms with Gasteiger partial charge in [-0.2, -0.15) is 0 Å². The fraction of sp³-hybridized carbons (Fsp3) is 0.186. The summed E-state index contributed by atoms with van der Waals surface area (Å²) in [5, 5.41) is 14.6. The number of imidazole rings is 1. The van der Waals surface area contributed by atoms with Gasteiger partial charge >= 0.3 is 0 Å². The molecule has 0 saturated carbocycles. The van der Waals surface area contributed by atoms with Gasteiger partial charge in [-0.15, -0.1) is 0 Å². The fourth-order valence-corrected chi connectivity index (χ4v) is 9.36. The summed E-state index contributed by atoms with van der Waals surface area (Å²) in [6.07, 6.45) is 2.03. The van der Waals surface area contributed by atoms with Gasteiger partial charge < -0.3 is 9.67 Å². The van der Waals surface area contributed by atoms with Gasteiger partial charge in [0.05, 0.1) is 39.5 Å². The van der Waals surface area contributed by atoms with Crippen LogP contribution < -0.4 is 0 Å². The molecule has 0 aliphatic heterocycles. The number of fused-ring (bicyclic) bond motifs is 4. The van der Waals surface area contributed by atoms with E-state index in [0.717, 1.165) is 77.9 Å². The van der Waals surface area contributed by atoms with Gasteiger partial charge in [0.1, 0.15) is 11.6 Å². The van der Waals surface area contributed by atoms with Crippen LogP contribution in [0.3, 0.4) is 0 Å². The number of aromatic hydroxyl groups is 1. The van der Waals surface area contributed by atoms with Crippen molar-refractivity contribution >= 4 is 32.8 Å². The standard InChI is InChI=1S/C59H54N4O/c1-57(2,3)41-34-48(55(64)49(35-41)58(4,5)6)56-61-54-45(28-20-30-52(54)63(56)44-25-16-11-17-26-44)38-31-39(33-42(32-38)59(7,8)40-21-12-9-13-22-40)50-36-47-46-27-18-19-29-51(46)62(53(47)37-60-50)43-23-14-10-15-24-43/h9-37,64H,1-8H3. The average molecular weight is 835 g/mol. The number of aromatic nitrogens is 4. The van der Waals surface area contributed by atoms with Crippen molar-refractivity contribution in [3.05, 3.63) is 198 Å². The van der Waals surface area contributed by atoms with Crippen LogP contribution in [0.2, 0.25) is 0 Å². The van der Waals surface area contributed by atoms with E-state index >= 15 is 0 Å². The van der Waals surface area contributed by atoms with E-state index in [0.29, 0.717) is 5.82 Å². The number of benzene rings is 7. The monoisotopic (exact) mass is 834 g/mol. The highest BCUT2D eigenvalue weighted by Gasteiger charge is 2.30. The number of rotatable bonds is 7. The van der Waals surface area contributed by atoms with Crippen LogP contribution in [0.5, 0.6) is 5.75 Å². The highest BCUT2D eigenvalue weighted by atomic mass is 16.3. The molecule has 0 saturated heterocycles. The molecule has 0 atom stereocenters. The van der Waals surface area contributed by atoms with Crippen LogP contribution in [-0.4, -0.2) is 24.2 Å². The molecule has 0 fully saturated rings. The lowest BCUT2D eigenvalue weighted by Crippen LogP contribution is -2.19. The molecule has 0 aliphatic carbocycles. The smallest absolute Gasteiger partial charge is 0.149 e. The summed E-state index contributed by atoms with van der Waals surface area (Å²) in [5.41, 5.74) is 14.4. The third-order valence-electron chi connectivity index (χ3n) is 13.1. The van der Waals surface area contributed by atoms with Crippen molar-refractivity contribution < 1.29 is 5.11 Å². The molecular weight excluding hydrogens is 781 g/mol. The van der Waals surface area contributed by atoms with Gasteiger partial charge in [0.15, 0.2) is 0 Å². The van der Waals surface area contributed by atoms with E-state index < -0.39 is 0 Å². The SMILES string of the molecule is CC(C)(C)c1cc(-c2nc3c(-c4cc(-c5cc6c7ccccc7n(-c7ccccc7)c6cn5)cc(C(C)(C)c5ccccc5)c4)cccc3n2-c2ccccc2)c(O)c(C(C)(C)C)c1. The molecule has 0 aliphatic rings. The van der Waals surface area contributed by atoms with Gasteiger partial charge in [-0.1, -0.05) is 165 Å². The van der Waals surface area contributed by atoms with E-state index in [1.807, 2.05) is 12.3 Å². The minimum Gasteiger partial charge on any atom is -0.507 e. The number of para-hydroxylation sites is 4. The van der Waals surface area contributed by atoms with Crippen molar-refractivity contribution in [3.63, 3.8) is 0 Å². The van der Waals surface area contributed by atoms with Gasteiger partial charge in [-0.25, -0.2) is 4.98 Å². The first-order chi connectivity index (χ1) is 30.7. The molecule has 64 heavy (non-hydrogen) atoms. The molecule has 0 bridgehead atoms. The molecule has 3 aromatic heterocycles. The van der Waals surface area contributed by atoms with Gasteiger partial charge in [0.25, 0.3) is 0 Å². The number of hydrogen-bond acceptors (Lipinski definition) is 3. The quantitative estimate of drug-likeness (QED) is 0.174. The average Bonchev–Trinajstić information content (AvgIpc) is 3.85. The Balaban J connectivity index is 1.24. The molecule has 0 amide bonds. The summed E-state index contributed by atoms with van der Waals surface area (Å²) < 4.78 is 4.52. The fourth-order valence-electron chi connectivity index (χ4n) is 9.36. The van der Waals surface area contributed by atoms with Crippen molar-refractivity contribution in [2.45, 2.75) is 71.6 Å². The first kappa shape index (κ1) is 40.8. The van der Waals surface area contributed by atoms with Crippen LogP contribution >= 0.6 is 0 Å². The van der Waals surface area contributed by atoms with E-state index in [9.17, 15) is 5.11 Å². The summed E-state index contributed by atoms with van der Waals surface area (Å²) in [6.45, 7) is 17.8. The van der Waals surface area contributed by atoms with E-state index in [-0.39, 0.29) is 22.0 Å². The van der Waals surface area contributed by atoms with E-state index in [1.54, 1.807) is 0 Å². The maximum Gasteiger partial charge on any atom is 0.149 e. The second kappa shape index (κ2) is 15.2. The van der Waals surface area contributed by atoms with Crippen molar-refractivity contribution in [2.24, 2.45) is 0 Å². The zero-order valence-corrected chi connectivity index (χ0v) is 38.0. The molecule has 5 nitrogen and oxygen atoms in total. The largest absolute Gasteiger partial charge is 0.507 e. The van der Waals surface area contributed by atoms with Crippen LogP contribution in [0.1, 0.15) is 77.6 Å². The third-order valence-corrected chi connectivity index (χ3v) is 13.1. The lowest BCUT2D eigenvalue weighted by Gasteiger charge is -2.27. The van der Waals surface area contributed by atoms with Crippen LogP contribution in [0.4, 0.5) is 0 Å². The molecule has 3 heterocycles. The maximum absolute atomic E-state index is 12.3. The minimum atomic E-state index is -0.343. The Bertz CT molecular complexity index is 3360. The summed E-state index contributed by atoms with van der Waals surface area (Å²) in [6, 6.07) is 60.2. The number of phenols is 1. The van der Waals surface area contributed by atoms with Crippen LogP contribution in [0.15, 0.2) is 176 Å². The Morgan fingerprint density at radius 1 is 0.453 bits per heavy atom. The highest BCUT2D eigenvalue weighted by Crippen LogP contribution is 2.45. The highest BCUT2D eigenvalue weighted by molar-refractivity contribution is 6.10. The first-order valence-electron chi connectivity index (χ1n) is 22.3. The van der Waals surface area contributed by atoms with Gasteiger partial charge in [0, 0.05) is 44.3 Å². The summed E-state index contributed by atoms with van der Waals surface area (Å²) in [7, 11) is 0. The van der Waals surface area contributed by atoms with Crippen molar-refractivity contribution in [3.8, 4) is 50.9 Å². The Kier molecular flexibility index (Phi) is 9.72. The molecule has 0 unspecified atom stereocenters. The van der Waals surface area contributed by atoms with Gasteiger partial charge in [0.2, 0.25) is 0 Å². The second-order valence-corrected chi connectivity index (χ2v) is 19.8. The summed E-state index contributed by atoms with van der Waals surface area (Å²) in [5.74, 6) is 0.962. The zero-order valence-electron chi connectivity index (χ0n) is 38.0. The minimum absolute atomic E-state index is 0.160. The predicted octanol–water partition coefficient (Wildman–Crippen LogP) is 15.1. The zero-order chi connectivity index (χ0) is 44.5. The van der Waals surface area contributed by atoms with Crippen molar-refractivity contribution in [1.29, 1.82) is 0 Å². The normalized spacial score (nSPS) is 12.4. The summed E-state index contributed by atoms with van der Waals surface area (Å²) in [4.78, 5) is 10.8. The van der Waals surface area contributed by atoms with Gasteiger partial charge in [-0.3, -0.25) is 9.55 Å². The first-order valence-corrected chi connectivity index (χ1v) is 22.3. The molecule has 0 spiro atoms. The Morgan fingerprint density at radius 2 is 1.06 bits per heavy atom. The number of phenolic OH excluding ortho intramolecular Hbond substituents is 1. The lowest BCUT2D eigenvalue weighted by molar-refractivity contribution is 0.446. The Hall–Kier alpha value is -7.24. The Labute approximate surface area is 376 Å². The molecule has 10 aromatic rings. The lowest BCUT2D eigenvalue weighted by atomic mass is 9.76. The van der Waals surface area contributed by atoms with Gasteiger partial charge in [-0.05, 0) is 93.7 Å². The van der Waals surface area contributed by atoms with E-state index in [4.69, 9.17) is 9.97 Å². The van der Waals surface area contributed by atoms with Crippen molar-refractivity contribution in [1.82, 2.24) is 19.1 Å². The van der Waals surface area contributed by atoms with E-state index in [2.05, 4.69) is 228 Å². The molecule has 7 aromatic carbocycles. The number of pyridine rings is 1. The maximum atomic E-state index is 12.3. The third kappa shape index (κ3) is 6.96. The molecule has 10 rings (SSSR count). The molecular formula is C59H54N4O. The topological polar surface area (TPSA) is 55.9 Å². The molecule has 5 heteroatoms. The molecule has 316 valence electrons. The summed E-state index contributed by atoms with van der Waals surface area (Å²) >= 11 is 0. The number of nitrogens with zero attached hydrogens (tertiary/aromatic N) is 4. The Morgan fingerprint density at radius 3 is 1.73 bits per heavy atom.